The van der Waals surface area contributed by atoms with Crippen LogP contribution < -0.4 is 4.74 Å². The highest BCUT2D eigenvalue weighted by Crippen LogP contribution is 2.29. The van der Waals surface area contributed by atoms with Crippen LogP contribution in [0.2, 0.25) is 0 Å². The highest BCUT2D eigenvalue weighted by atomic mass is 16.5. The Morgan fingerprint density at radius 1 is 1.03 bits per heavy atom. The van der Waals surface area contributed by atoms with E-state index in [1.165, 1.54) is 0 Å². The van der Waals surface area contributed by atoms with E-state index < -0.39 is 0 Å². The van der Waals surface area contributed by atoms with Gasteiger partial charge in [0.05, 0.1) is 16.6 Å². The summed E-state index contributed by atoms with van der Waals surface area (Å²) in [6.07, 6.45) is 7.11. The third kappa shape index (κ3) is 3.31. The summed E-state index contributed by atoms with van der Waals surface area (Å²) in [5.74, 6) is 0.960. The number of hydrogen-bond donors (Lipinski definition) is 0. The van der Waals surface area contributed by atoms with Crippen molar-refractivity contribution in [3.8, 4) is 5.75 Å². The Hall–Kier alpha value is -3.41. The van der Waals surface area contributed by atoms with E-state index >= 15 is 0 Å². The number of aryl methyl sites for hydroxylation is 1. The highest BCUT2D eigenvalue weighted by Gasteiger charge is 2.25. The zero-order valence-corrected chi connectivity index (χ0v) is 16.3. The molecular formula is C23H22N4O2. The molecule has 1 amide bonds. The molecule has 0 atom stereocenters. The zero-order chi connectivity index (χ0) is 19.8. The Morgan fingerprint density at radius 3 is 2.66 bits per heavy atom. The molecule has 146 valence electrons. The molecule has 0 saturated carbocycles. The molecule has 2 aromatic heterocycles. The van der Waals surface area contributed by atoms with Crippen LogP contribution in [0.4, 0.5) is 0 Å². The van der Waals surface area contributed by atoms with E-state index in [9.17, 15) is 4.79 Å². The molecule has 0 spiro atoms. The van der Waals surface area contributed by atoms with Crippen molar-refractivity contribution in [1.29, 1.82) is 0 Å². The average Bonchev–Trinajstić information content (AvgIpc) is 3.15. The second-order valence-electron chi connectivity index (χ2n) is 7.48. The van der Waals surface area contributed by atoms with Crippen molar-refractivity contribution in [1.82, 2.24) is 19.4 Å². The Morgan fingerprint density at radius 2 is 1.83 bits per heavy atom. The van der Waals surface area contributed by atoms with Gasteiger partial charge in [0, 0.05) is 62.5 Å². The fraction of sp³-hybridized carbons (Fsp3) is 0.261. The number of carbonyl (C=O) groups excluding carboxylic acids is 1. The Labute approximate surface area is 168 Å². The number of ether oxygens (including phenoxy) is 1. The smallest absolute Gasteiger partial charge is 0.253 e. The summed E-state index contributed by atoms with van der Waals surface area (Å²) in [6, 6.07) is 13.7. The first kappa shape index (κ1) is 17.7. The maximum absolute atomic E-state index is 12.9. The second-order valence-corrected chi connectivity index (χ2v) is 7.48. The lowest BCUT2D eigenvalue weighted by Crippen LogP contribution is -2.41. The topological polar surface area (TPSA) is 60.2 Å². The maximum atomic E-state index is 12.9. The quantitative estimate of drug-likeness (QED) is 0.537. The molecule has 0 radical (unpaired) electrons. The van der Waals surface area contributed by atoms with Gasteiger partial charge in [-0.25, -0.2) is 0 Å². The third-order valence-electron chi connectivity index (χ3n) is 5.63. The van der Waals surface area contributed by atoms with E-state index in [0.29, 0.717) is 18.7 Å². The molecule has 1 fully saturated rings. The molecule has 1 aliphatic rings. The van der Waals surface area contributed by atoms with Gasteiger partial charge >= 0.3 is 0 Å². The van der Waals surface area contributed by atoms with Gasteiger partial charge in [0.1, 0.15) is 11.9 Å². The minimum atomic E-state index is 0.0427. The first-order valence-electron chi connectivity index (χ1n) is 9.90. The monoisotopic (exact) mass is 386 g/mol. The van der Waals surface area contributed by atoms with Gasteiger partial charge in [-0.3, -0.25) is 14.8 Å². The number of piperidine rings is 1. The first-order chi connectivity index (χ1) is 14.2. The van der Waals surface area contributed by atoms with Crippen LogP contribution in [0, 0.1) is 0 Å². The molecule has 3 heterocycles. The minimum absolute atomic E-state index is 0.0427. The zero-order valence-electron chi connectivity index (χ0n) is 16.3. The van der Waals surface area contributed by atoms with Gasteiger partial charge in [0.2, 0.25) is 0 Å². The molecule has 0 unspecified atom stereocenters. The van der Waals surface area contributed by atoms with E-state index in [1.807, 2.05) is 48.5 Å². The highest BCUT2D eigenvalue weighted by molar-refractivity contribution is 5.97. The van der Waals surface area contributed by atoms with Crippen LogP contribution in [-0.4, -0.2) is 44.5 Å². The Balaban J connectivity index is 1.26. The maximum Gasteiger partial charge on any atom is 0.253 e. The standard InChI is InChI=1S/C23H22N4O2/c1-26-12-9-18-21(26)3-2-4-22(18)29-17-7-13-27(14-8-17)23(28)16-5-6-19-20(15-16)25-11-10-24-19/h2-6,9-12,15,17H,7-8,13-14H2,1H3. The van der Waals surface area contributed by atoms with Crippen molar-refractivity contribution >= 4 is 27.8 Å². The van der Waals surface area contributed by atoms with Crippen LogP contribution >= 0.6 is 0 Å². The molecule has 6 heteroatoms. The number of carbonyl (C=O) groups is 1. The Kier molecular flexibility index (Phi) is 4.39. The molecule has 0 bridgehead atoms. The van der Waals surface area contributed by atoms with Gasteiger partial charge in [0.25, 0.3) is 5.91 Å². The van der Waals surface area contributed by atoms with Gasteiger partial charge in [-0.05, 0) is 36.4 Å². The molecule has 0 N–H and O–H groups in total. The summed E-state index contributed by atoms with van der Waals surface area (Å²) in [6.45, 7) is 1.37. The number of benzene rings is 2. The van der Waals surface area contributed by atoms with Crippen molar-refractivity contribution in [3.05, 3.63) is 66.6 Å². The second kappa shape index (κ2) is 7.20. The van der Waals surface area contributed by atoms with Crippen LogP contribution in [0.25, 0.3) is 21.9 Å². The summed E-state index contributed by atoms with van der Waals surface area (Å²) in [7, 11) is 2.04. The summed E-state index contributed by atoms with van der Waals surface area (Å²) < 4.78 is 8.40. The number of nitrogens with zero attached hydrogens (tertiary/aromatic N) is 4. The normalized spacial score (nSPS) is 15.1. The molecule has 0 aliphatic carbocycles. The van der Waals surface area contributed by atoms with E-state index in [1.54, 1.807) is 12.4 Å². The lowest BCUT2D eigenvalue weighted by molar-refractivity contribution is 0.0598. The number of fused-ring (bicyclic) bond motifs is 2. The van der Waals surface area contributed by atoms with Crippen LogP contribution in [0.5, 0.6) is 5.75 Å². The van der Waals surface area contributed by atoms with Gasteiger partial charge < -0.3 is 14.2 Å². The summed E-state index contributed by atoms with van der Waals surface area (Å²) in [5.41, 5.74) is 3.36. The van der Waals surface area contributed by atoms with Crippen molar-refractivity contribution in [3.63, 3.8) is 0 Å². The fourth-order valence-electron chi connectivity index (χ4n) is 4.01. The van der Waals surface area contributed by atoms with Crippen molar-refractivity contribution in [2.24, 2.45) is 7.05 Å². The number of amides is 1. The van der Waals surface area contributed by atoms with E-state index in [-0.39, 0.29) is 12.0 Å². The van der Waals surface area contributed by atoms with Crippen LogP contribution in [-0.2, 0) is 7.05 Å². The van der Waals surface area contributed by atoms with Crippen molar-refractivity contribution in [2.45, 2.75) is 18.9 Å². The number of likely N-dealkylation sites (tertiary alicyclic amines) is 1. The van der Waals surface area contributed by atoms with Gasteiger partial charge in [-0.1, -0.05) is 6.07 Å². The average molecular weight is 386 g/mol. The van der Waals surface area contributed by atoms with Gasteiger partial charge in [-0.15, -0.1) is 0 Å². The molecule has 29 heavy (non-hydrogen) atoms. The van der Waals surface area contributed by atoms with Crippen molar-refractivity contribution in [2.75, 3.05) is 13.1 Å². The van der Waals surface area contributed by atoms with E-state index in [2.05, 4.69) is 26.7 Å². The predicted octanol–water partition coefficient (Wildman–Crippen LogP) is 3.81. The SMILES string of the molecule is Cn1ccc2c(OC3CCN(C(=O)c4ccc5nccnc5c4)CC3)cccc21. The summed E-state index contributed by atoms with van der Waals surface area (Å²) >= 11 is 0. The van der Waals surface area contributed by atoms with Crippen LogP contribution in [0.3, 0.4) is 0 Å². The molecule has 4 aromatic rings. The predicted molar refractivity (Wildman–Crippen MR) is 112 cm³/mol. The van der Waals surface area contributed by atoms with E-state index in [4.69, 9.17) is 4.74 Å². The summed E-state index contributed by atoms with van der Waals surface area (Å²) in [5, 5.41) is 1.13. The van der Waals surface area contributed by atoms with Gasteiger partial charge in [-0.2, -0.15) is 0 Å². The molecule has 1 aliphatic heterocycles. The first-order valence-corrected chi connectivity index (χ1v) is 9.90. The lowest BCUT2D eigenvalue weighted by Gasteiger charge is -2.32. The molecular weight excluding hydrogens is 364 g/mol. The number of hydrogen-bond acceptors (Lipinski definition) is 4. The fourth-order valence-corrected chi connectivity index (χ4v) is 4.01. The largest absolute Gasteiger partial charge is 0.490 e. The molecule has 1 saturated heterocycles. The molecule has 2 aromatic carbocycles. The van der Waals surface area contributed by atoms with Gasteiger partial charge in [0.15, 0.2) is 0 Å². The number of rotatable bonds is 3. The molecule has 5 rings (SSSR count). The summed E-state index contributed by atoms with van der Waals surface area (Å²) in [4.78, 5) is 23.4. The van der Waals surface area contributed by atoms with E-state index in [0.717, 1.165) is 40.5 Å². The van der Waals surface area contributed by atoms with Crippen LogP contribution in [0.15, 0.2) is 61.1 Å². The number of aromatic nitrogens is 3. The van der Waals surface area contributed by atoms with Crippen LogP contribution in [0.1, 0.15) is 23.2 Å². The van der Waals surface area contributed by atoms with Crippen molar-refractivity contribution < 1.29 is 9.53 Å². The minimum Gasteiger partial charge on any atom is -0.490 e. The molecule has 6 nitrogen and oxygen atoms in total. The Bertz CT molecular complexity index is 1190. The third-order valence-corrected chi connectivity index (χ3v) is 5.63. The lowest BCUT2D eigenvalue weighted by atomic mass is 10.1.